The summed E-state index contributed by atoms with van der Waals surface area (Å²) < 4.78 is 0. The normalized spacial score (nSPS) is 16.3. The number of aromatic amines is 1. The average Bonchev–Trinajstić information content (AvgIpc) is 3.02. The van der Waals surface area contributed by atoms with Gasteiger partial charge in [-0.1, -0.05) is 30.4 Å². The average molecular weight is 306 g/mol. The number of benzene rings is 1. The van der Waals surface area contributed by atoms with E-state index in [1.54, 1.807) is 0 Å². The van der Waals surface area contributed by atoms with Gasteiger partial charge in [-0.25, -0.2) is 4.98 Å². The molecule has 0 fully saturated rings. The van der Waals surface area contributed by atoms with E-state index >= 15 is 0 Å². The quantitative estimate of drug-likeness (QED) is 0.850. The number of nitrogens with zero attached hydrogens (tertiary/aromatic N) is 2. The summed E-state index contributed by atoms with van der Waals surface area (Å²) in [6, 6.07) is 9.65. The van der Waals surface area contributed by atoms with Crippen LogP contribution in [0.5, 0.6) is 0 Å². The van der Waals surface area contributed by atoms with Crippen molar-refractivity contribution >= 4 is 11.5 Å². The molecule has 3 rings (SSSR count). The molecule has 1 unspecified atom stereocenters. The van der Waals surface area contributed by atoms with E-state index in [0.29, 0.717) is 24.0 Å². The molecule has 5 heteroatoms. The van der Waals surface area contributed by atoms with Crippen molar-refractivity contribution in [2.24, 2.45) is 5.92 Å². The van der Waals surface area contributed by atoms with Crippen LogP contribution in [-0.4, -0.2) is 9.97 Å². The van der Waals surface area contributed by atoms with Gasteiger partial charge in [0, 0.05) is 12.1 Å². The molecule has 2 aromatic rings. The molecule has 1 aliphatic carbocycles. The number of para-hydroxylation sites is 1. The maximum absolute atomic E-state index is 12.2. The Morgan fingerprint density at radius 3 is 2.96 bits per heavy atom. The van der Waals surface area contributed by atoms with Crippen molar-refractivity contribution in [2.45, 2.75) is 26.2 Å². The molecule has 5 nitrogen and oxygen atoms in total. The highest BCUT2D eigenvalue weighted by molar-refractivity contribution is 5.64. The van der Waals surface area contributed by atoms with Gasteiger partial charge in [0.1, 0.15) is 11.9 Å². The molecular formula is C18H18N4O. The predicted molar refractivity (Wildman–Crippen MR) is 89.6 cm³/mol. The number of hydrogen-bond donors (Lipinski definition) is 2. The summed E-state index contributed by atoms with van der Waals surface area (Å²) >= 11 is 0. The van der Waals surface area contributed by atoms with Crippen molar-refractivity contribution in [2.75, 3.05) is 5.32 Å². The van der Waals surface area contributed by atoms with Crippen molar-refractivity contribution in [3.63, 3.8) is 0 Å². The van der Waals surface area contributed by atoms with Gasteiger partial charge in [-0.2, -0.15) is 5.26 Å². The molecule has 1 aromatic heterocycles. The zero-order chi connectivity index (χ0) is 16.2. The van der Waals surface area contributed by atoms with Gasteiger partial charge in [0.05, 0.1) is 0 Å². The summed E-state index contributed by atoms with van der Waals surface area (Å²) in [6.07, 6.45) is 7.13. The third-order valence-corrected chi connectivity index (χ3v) is 4.05. The van der Waals surface area contributed by atoms with Crippen molar-refractivity contribution in [3.05, 3.63) is 63.7 Å². The first kappa shape index (κ1) is 15.0. The number of aromatic nitrogens is 2. The fourth-order valence-corrected chi connectivity index (χ4v) is 2.77. The number of allylic oxidation sites excluding steroid dienone is 2. The fourth-order valence-electron chi connectivity index (χ4n) is 2.77. The van der Waals surface area contributed by atoms with E-state index in [2.05, 4.69) is 27.4 Å². The van der Waals surface area contributed by atoms with E-state index in [0.717, 1.165) is 24.1 Å². The Bertz CT molecular complexity index is 845. The fraction of sp³-hybridized carbons (Fsp3) is 0.278. The zero-order valence-corrected chi connectivity index (χ0v) is 13.0. The first-order chi connectivity index (χ1) is 11.2. The second-order valence-corrected chi connectivity index (χ2v) is 5.76. The van der Waals surface area contributed by atoms with Crippen LogP contribution in [0.25, 0.3) is 0 Å². The van der Waals surface area contributed by atoms with E-state index < -0.39 is 5.56 Å². The minimum Gasteiger partial charge on any atom is -0.339 e. The van der Waals surface area contributed by atoms with Gasteiger partial charge in [0.15, 0.2) is 11.4 Å². The Balaban J connectivity index is 1.95. The number of anilines is 2. The minimum atomic E-state index is -0.393. The van der Waals surface area contributed by atoms with Crippen molar-refractivity contribution < 1.29 is 0 Å². The first-order valence-electron chi connectivity index (χ1n) is 7.70. The lowest BCUT2D eigenvalue weighted by atomic mass is 10.1. The Labute approximate surface area is 134 Å². The highest BCUT2D eigenvalue weighted by atomic mass is 16.1. The molecule has 0 saturated heterocycles. The molecule has 1 heterocycles. The second-order valence-electron chi connectivity index (χ2n) is 5.76. The van der Waals surface area contributed by atoms with E-state index in [-0.39, 0.29) is 5.56 Å². The molecule has 116 valence electrons. The number of rotatable bonds is 4. The van der Waals surface area contributed by atoms with E-state index in [1.807, 2.05) is 37.3 Å². The number of hydrogen-bond acceptors (Lipinski definition) is 4. The number of H-pyrrole nitrogens is 1. The molecule has 0 radical (unpaired) electrons. The molecule has 0 bridgehead atoms. The van der Waals surface area contributed by atoms with Gasteiger partial charge >= 0.3 is 0 Å². The lowest BCUT2D eigenvalue weighted by Crippen LogP contribution is -2.19. The zero-order valence-electron chi connectivity index (χ0n) is 13.0. The van der Waals surface area contributed by atoms with Crippen LogP contribution < -0.4 is 10.9 Å². The van der Waals surface area contributed by atoms with Crippen molar-refractivity contribution in [1.82, 2.24) is 9.97 Å². The Morgan fingerprint density at radius 1 is 1.43 bits per heavy atom. The van der Waals surface area contributed by atoms with E-state index in [1.165, 1.54) is 0 Å². The Hall–Kier alpha value is -2.87. The lowest BCUT2D eigenvalue weighted by Gasteiger charge is -2.12. The third-order valence-electron chi connectivity index (χ3n) is 4.05. The summed E-state index contributed by atoms with van der Waals surface area (Å²) in [7, 11) is 0. The molecule has 1 aliphatic rings. The van der Waals surface area contributed by atoms with Crippen LogP contribution in [0, 0.1) is 24.2 Å². The number of aryl methyl sites for hydroxylation is 1. The highest BCUT2D eigenvalue weighted by Gasteiger charge is 2.16. The first-order valence-corrected chi connectivity index (χ1v) is 7.70. The maximum atomic E-state index is 12.2. The maximum Gasteiger partial charge on any atom is 0.271 e. The van der Waals surface area contributed by atoms with Crippen molar-refractivity contribution in [3.8, 4) is 6.07 Å². The summed E-state index contributed by atoms with van der Waals surface area (Å²) in [6.45, 7) is 1.96. The molecule has 0 aliphatic heterocycles. The van der Waals surface area contributed by atoms with Gasteiger partial charge in [-0.05, 0) is 37.3 Å². The largest absolute Gasteiger partial charge is 0.339 e. The predicted octanol–water partition coefficient (Wildman–Crippen LogP) is 3.20. The van der Waals surface area contributed by atoms with Gasteiger partial charge in [-0.15, -0.1) is 0 Å². The Morgan fingerprint density at radius 2 is 2.26 bits per heavy atom. The van der Waals surface area contributed by atoms with Crippen LogP contribution in [0.15, 0.2) is 41.2 Å². The van der Waals surface area contributed by atoms with Gasteiger partial charge < -0.3 is 10.3 Å². The molecule has 0 saturated carbocycles. The number of nitriles is 1. The van der Waals surface area contributed by atoms with Gasteiger partial charge in [0.25, 0.3) is 5.56 Å². The third kappa shape index (κ3) is 3.32. The van der Waals surface area contributed by atoms with E-state index in [4.69, 9.17) is 0 Å². The van der Waals surface area contributed by atoms with Gasteiger partial charge in [-0.3, -0.25) is 4.79 Å². The standard InChI is InChI=1S/C18H18N4O/c1-12-6-2-5-9-15(12)20-17-14(11-19)18(23)22-16(21-17)10-13-7-3-4-8-13/h2-3,5-7,9,13H,4,8,10H2,1H3,(H2,20,21,22,23). The summed E-state index contributed by atoms with van der Waals surface area (Å²) in [5, 5.41) is 12.4. The van der Waals surface area contributed by atoms with Crippen molar-refractivity contribution in [1.29, 1.82) is 5.26 Å². The molecule has 0 amide bonds. The number of nitrogens with one attached hydrogen (secondary N) is 2. The molecule has 0 spiro atoms. The van der Waals surface area contributed by atoms with E-state index in [9.17, 15) is 10.1 Å². The Kier molecular flexibility index (Phi) is 4.24. The van der Waals surface area contributed by atoms with Crippen LogP contribution in [0.4, 0.5) is 11.5 Å². The summed E-state index contributed by atoms with van der Waals surface area (Å²) in [4.78, 5) is 19.4. The summed E-state index contributed by atoms with van der Waals surface area (Å²) in [5.41, 5.74) is 1.49. The molecule has 2 N–H and O–H groups in total. The van der Waals surface area contributed by atoms with Crippen LogP contribution in [0.2, 0.25) is 0 Å². The molecule has 23 heavy (non-hydrogen) atoms. The van der Waals surface area contributed by atoms with Crippen LogP contribution in [0.1, 0.15) is 29.8 Å². The molecule has 1 atom stereocenters. The summed E-state index contributed by atoms with van der Waals surface area (Å²) in [5.74, 6) is 1.33. The smallest absolute Gasteiger partial charge is 0.271 e. The van der Waals surface area contributed by atoms with Crippen LogP contribution in [0.3, 0.4) is 0 Å². The minimum absolute atomic E-state index is 0.0129. The topological polar surface area (TPSA) is 81.6 Å². The second kappa shape index (κ2) is 6.49. The van der Waals surface area contributed by atoms with Crippen LogP contribution in [-0.2, 0) is 6.42 Å². The molecular weight excluding hydrogens is 288 g/mol. The van der Waals surface area contributed by atoms with Crippen LogP contribution >= 0.6 is 0 Å². The molecule has 1 aromatic carbocycles. The SMILES string of the molecule is Cc1ccccc1Nc1nc(CC2C=CCC2)[nH]c(=O)c1C#N. The monoisotopic (exact) mass is 306 g/mol. The lowest BCUT2D eigenvalue weighted by molar-refractivity contribution is 0.607. The van der Waals surface area contributed by atoms with Gasteiger partial charge in [0.2, 0.25) is 0 Å². The highest BCUT2D eigenvalue weighted by Crippen LogP contribution is 2.22.